The molecule has 1 N–H and O–H groups in total. The molecule has 0 bridgehead atoms. The fourth-order valence-electron chi connectivity index (χ4n) is 7.93. The van der Waals surface area contributed by atoms with E-state index in [1.165, 1.54) is 5.56 Å². The van der Waals surface area contributed by atoms with E-state index in [-0.39, 0.29) is 22.0 Å². The molecule has 0 atom stereocenters. The van der Waals surface area contributed by atoms with Gasteiger partial charge >= 0.3 is 0 Å². The SMILES string of the molecule is CC(C)(C)c1cc(-c2ccccn2)cc(-c2cccc3c2nc(-c2cc(C(C)(C)C)cc(C(C)(C)C)c2O)n3-c2c(-c3ccccc3)cccc2-c2ccccc2)c1. The predicted octanol–water partition coefficient (Wildman–Crippen LogP) is 14.4. The van der Waals surface area contributed by atoms with Gasteiger partial charge in [0.05, 0.1) is 28.0 Å². The molecule has 58 heavy (non-hydrogen) atoms. The number of hydrogen-bond donors (Lipinski definition) is 1. The highest BCUT2D eigenvalue weighted by atomic mass is 16.3. The number of phenols is 1. The second kappa shape index (κ2) is 14.6. The fourth-order valence-corrected chi connectivity index (χ4v) is 7.93. The van der Waals surface area contributed by atoms with Crippen LogP contribution < -0.4 is 0 Å². The molecule has 4 nitrogen and oxygen atoms in total. The van der Waals surface area contributed by atoms with Crippen LogP contribution in [0.5, 0.6) is 5.75 Å². The van der Waals surface area contributed by atoms with Gasteiger partial charge in [0, 0.05) is 34.0 Å². The second-order valence-corrected chi connectivity index (χ2v) is 18.6. The van der Waals surface area contributed by atoms with Crippen LogP contribution in [-0.4, -0.2) is 19.6 Å². The van der Waals surface area contributed by atoms with Crippen molar-refractivity contribution in [3.63, 3.8) is 0 Å². The van der Waals surface area contributed by atoms with Crippen molar-refractivity contribution in [2.24, 2.45) is 0 Å². The summed E-state index contributed by atoms with van der Waals surface area (Å²) in [6.07, 6.45) is 1.85. The van der Waals surface area contributed by atoms with Crippen molar-refractivity contribution in [3.8, 4) is 67.5 Å². The number of nitrogens with zero attached hydrogens (tertiary/aromatic N) is 3. The van der Waals surface area contributed by atoms with Crippen molar-refractivity contribution in [3.05, 3.63) is 168 Å². The number of aromatic hydroxyl groups is 1. The first-order chi connectivity index (χ1) is 27.6. The van der Waals surface area contributed by atoms with E-state index in [1.807, 2.05) is 18.3 Å². The molecule has 0 aliphatic heterocycles. The summed E-state index contributed by atoms with van der Waals surface area (Å²) >= 11 is 0. The lowest BCUT2D eigenvalue weighted by Gasteiger charge is -2.28. The van der Waals surface area contributed by atoms with Crippen LogP contribution in [0.25, 0.3) is 72.7 Å². The minimum Gasteiger partial charge on any atom is -0.507 e. The fraction of sp³-hybridized carbons (Fsp3) is 0.222. The summed E-state index contributed by atoms with van der Waals surface area (Å²) < 4.78 is 2.31. The zero-order valence-corrected chi connectivity index (χ0v) is 35.2. The van der Waals surface area contributed by atoms with E-state index in [0.717, 1.165) is 72.5 Å². The van der Waals surface area contributed by atoms with Gasteiger partial charge in [-0.3, -0.25) is 9.55 Å². The van der Waals surface area contributed by atoms with E-state index in [4.69, 9.17) is 9.97 Å². The molecule has 0 fully saturated rings. The molecule has 2 heterocycles. The van der Waals surface area contributed by atoms with Gasteiger partial charge in [-0.1, -0.05) is 172 Å². The zero-order chi connectivity index (χ0) is 41.0. The molecule has 0 spiro atoms. The first-order valence-corrected chi connectivity index (χ1v) is 20.3. The average molecular weight is 760 g/mol. The highest BCUT2D eigenvalue weighted by Gasteiger charge is 2.30. The van der Waals surface area contributed by atoms with Crippen LogP contribution in [0, 0.1) is 0 Å². The van der Waals surface area contributed by atoms with E-state index in [1.54, 1.807) is 0 Å². The van der Waals surface area contributed by atoms with Crippen LogP contribution >= 0.6 is 0 Å². The molecular formula is C54H53N3O. The van der Waals surface area contributed by atoms with E-state index < -0.39 is 0 Å². The average Bonchev–Trinajstić information content (AvgIpc) is 3.59. The molecule has 0 amide bonds. The Bertz CT molecular complexity index is 2700. The number of benzene rings is 6. The minimum atomic E-state index is -0.325. The second-order valence-electron chi connectivity index (χ2n) is 18.6. The summed E-state index contributed by atoms with van der Waals surface area (Å²) in [5.41, 5.74) is 14.6. The van der Waals surface area contributed by atoms with Crippen LogP contribution in [0.2, 0.25) is 0 Å². The van der Waals surface area contributed by atoms with Gasteiger partial charge in [-0.2, -0.15) is 0 Å². The summed E-state index contributed by atoms with van der Waals surface area (Å²) in [6.45, 7) is 20.0. The van der Waals surface area contributed by atoms with Crippen molar-refractivity contribution in [2.75, 3.05) is 0 Å². The summed E-state index contributed by atoms with van der Waals surface area (Å²) in [5, 5.41) is 12.6. The molecule has 8 rings (SSSR count). The van der Waals surface area contributed by atoms with Gasteiger partial charge in [-0.15, -0.1) is 0 Å². The topological polar surface area (TPSA) is 50.9 Å². The van der Waals surface area contributed by atoms with Gasteiger partial charge in [-0.05, 0) is 80.5 Å². The van der Waals surface area contributed by atoms with Crippen molar-refractivity contribution in [1.29, 1.82) is 0 Å². The van der Waals surface area contributed by atoms with Crippen molar-refractivity contribution >= 4 is 11.0 Å². The van der Waals surface area contributed by atoms with Gasteiger partial charge < -0.3 is 5.11 Å². The number of pyridine rings is 1. The quantitative estimate of drug-likeness (QED) is 0.184. The molecule has 0 aliphatic rings. The summed E-state index contributed by atoms with van der Waals surface area (Å²) in [7, 11) is 0. The first-order valence-electron chi connectivity index (χ1n) is 20.3. The van der Waals surface area contributed by atoms with E-state index in [0.29, 0.717) is 11.4 Å². The Labute approximate surface area is 343 Å². The van der Waals surface area contributed by atoms with Crippen LogP contribution in [0.4, 0.5) is 0 Å². The third kappa shape index (κ3) is 7.24. The van der Waals surface area contributed by atoms with E-state index in [9.17, 15) is 5.11 Å². The lowest BCUT2D eigenvalue weighted by molar-refractivity contribution is 0.446. The van der Waals surface area contributed by atoms with E-state index >= 15 is 0 Å². The Kier molecular flexibility index (Phi) is 9.72. The smallest absolute Gasteiger partial charge is 0.149 e. The number of phenolic OH excluding ortho intramolecular Hbond substituents is 1. The monoisotopic (exact) mass is 759 g/mol. The largest absolute Gasteiger partial charge is 0.507 e. The number of aromatic nitrogens is 3. The van der Waals surface area contributed by atoms with Crippen LogP contribution in [0.15, 0.2) is 152 Å². The summed E-state index contributed by atoms with van der Waals surface area (Å²) in [4.78, 5) is 10.5. The Hall–Kier alpha value is -6.26. The summed E-state index contributed by atoms with van der Waals surface area (Å²) in [6, 6.07) is 51.5. The molecule has 0 unspecified atom stereocenters. The molecule has 0 saturated carbocycles. The molecule has 8 aromatic rings. The minimum absolute atomic E-state index is 0.111. The number of fused-ring (bicyclic) bond motifs is 1. The maximum absolute atomic E-state index is 12.6. The third-order valence-corrected chi connectivity index (χ3v) is 11.2. The molecule has 0 aliphatic carbocycles. The zero-order valence-electron chi connectivity index (χ0n) is 35.2. The Balaban J connectivity index is 1.55. The van der Waals surface area contributed by atoms with Crippen LogP contribution in [0.3, 0.4) is 0 Å². The van der Waals surface area contributed by atoms with Crippen molar-refractivity contribution in [1.82, 2.24) is 14.5 Å². The first kappa shape index (κ1) is 38.6. The number of hydrogen-bond acceptors (Lipinski definition) is 3. The van der Waals surface area contributed by atoms with E-state index in [2.05, 4.69) is 200 Å². The Morgan fingerprint density at radius 1 is 0.466 bits per heavy atom. The maximum atomic E-state index is 12.6. The third-order valence-electron chi connectivity index (χ3n) is 11.2. The lowest BCUT2D eigenvalue weighted by atomic mass is 9.79. The van der Waals surface area contributed by atoms with Gasteiger partial charge in [0.25, 0.3) is 0 Å². The molecule has 290 valence electrons. The summed E-state index contributed by atoms with van der Waals surface area (Å²) in [5.74, 6) is 0.943. The van der Waals surface area contributed by atoms with Gasteiger partial charge in [-0.25, -0.2) is 4.98 Å². The highest BCUT2D eigenvalue weighted by molar-refractivity contribution is 5.99. The Morgan fingerprint density at radius 3 is 1.59 bits per heavy atom. The standard InChI is InChI=1S/C54H53N3O/c1-52(2,3)39-31-37(30-38(32-39)46-27-16-17-29-55-46)41-24-19-28-47-48(41)56-51(44-33-40(53(4,5)6)34-45(50(44)58)54(7,8)9)57(47)49-42(35-20-12-10-13-21-35)25-18-26-43(49)36-22-14-11-15-23-36/h10-34,58H,1-9H3. The molecule has 2 aromatic heterocycles. The number of rotatable bonds is 6. The van der Waals surface area contributed by atoms with Crippen molar-refractivity contribution in [2.45, 2.75) is 78.6 Å². The van der Waals surface area contributed by atoms with Crippen LogP contribution in [0.1, 0.15) is 79.0 Å². The number of imidazole rings is 1. The molecule has 4 heteroatoms. The van der Waals surface area contributed by atoms with Gasteiger partial charge in [0.15, 0.2) is 0 Å². The van der Waals surface area contributed by atoms with Gasteiger partial charge in [0.1, 0.15) is 11.6 Å². The lowest BCUT2D eigenvalue weighted by Crippen LogP contribution is -2.17. The molecular weight excluding hydrogens is 707 g/mol. The number of para-hydroxylation sites is 2. The molecule has 0 radical (unpaired) electrons. The predicted molar refractivity (Wildman–Crippen MR) is 244 cm³/mol. The van der Waals surface area contributed by atoms with Crippen molar-refractivity contribution < 1.29 is 5.11 Å². The maximum Gasteiger partial charge on any atom is 0.149 e. The molecule has 6 aromatic carbocycles. The molecule has 0 saturated heterocycles. The Morgan fingerprint density at radius 2 is 1.02 bits per heavy atom. The van der Waals surface area contributed by atoms with Crippen LogP contribution in [-0.2, 0) is 16.2 Å². The highest BCUT2D eigenvalue weighted by Crippen LogP contribution is 2.47. The van der Waals surface area contributed by atoms with Gasteiger partial charge in [0.2, 0.25) is 0 Å². The normalized spacial score (nSPS) is 12.3.